The lowest BCUT2D eigenvalue weighted by molar-refractivity contribution is 0.505. The highest BCUT2D eigenvalue weighted by molar-refractivity contribution is 5.78. The predicted molar refractivity (Wildman–Crippen MR) is 79.5 cm³/mol. The molecule has 2 aromatic heterocycles. The molecule has 0 saturated heterocycles. The van der Waals surface area contributed by atoms with Crippen molar-refractivity contribution in [3.8, 4) is 0 Å². The molecule has 0 aliphatic heterocycles. The molecule has 0 bridgehead atoms. The molecule has 4 aromatic rings. The molecule has 20 heavy (non-hydrogen) atoms. The van der Waals surface area contributed by atoms with E-state index in [2.05, 4.69) is 34.7 Å². The Labute approximate surface area is 116 Å². The van der Waals surface area contributed by atoms with Gasteiger partial charge < -0.3 is 0 Å². The summed E-state index contributed by atoms with van der Waals surface area (Å²) in [6.45, 7) is 1.64. The molecule has 0 saturated carbocycles. The first-order valence-electron chi connectivity index (χ1n) is 6.73. The van der Waals surface area contributed by atoms with Crippen molar-refractivity contribution in [2.75, 3.05) is 0 Å². The first-order valence-corrected chi connectivity index (χ1v) is 6.73. The fourth-order valence-corrected chi connectivity index (χ4v) is 2.47. The largest absolute Gasteiger partial charge is 0.270 e. The minimum Gasteiger partial charge on any atom is -0.270 e. The Hall–Kier alpha value is -2.62. The Morgan fingerprint density at radius 2 is 1.10 bits per heavy atom. The van der Waals surface area contributed by atoms with Crippen LogP contribution < -0.4 is 0 Å². The number of hydrogen-bond donors (Lipinski definition) is 0. The molecule has 4 rings (SSSR count). The van der Waals surface area contributed by atoms with Crippen LogP contribution in [0.2, 0.25) is 0 Å². The van der Waals surface area contributed by atoms with Crippen molar-refractivity contribution in [3.63, 3.8) is 0 Å². The van der Waals surface area contributed by atoms with E-state index >= 15 is 0 Å². The van der Waals surface area contributed by atoms with Crippen LogP contribution in [0.3, 0.4) is 0 Å². The quantitative estimate of drug-likeness (QED) is 0.569. The predicted octanol–water partition coefficient (Wildman–Crippen LogP) is 3.09. The molecule has 0 aliphatic carbocycles. The van der Waals surface area contributed by atoms with Crippen LogP contribution in [0.25, 0.3) is 21.8 Å². The van der Waals surface area contributed by atoms with Crippen molar-refractivity contribution < 1.29 is 0 Å². The molecule has 0 spiro atoms. The summed E-state index contributed by atoms with van der Waals surface area (Å²) in [6, 6.07) is 16.3. The van der Waals surface area contributed by atoms with Gasteiger partial charge in [0.05, 0.1) is 24.1 Å². The first-order chi connectivity index (χ1) is 9.88. The fourth-order valence-electron chi connectivity index (χ4n) is 2.47. The second kappa shape index (κ2) is 4.49. The van der Waals surface area contributed by atoms with Crippen LogP contribution in [0.4, 0.5) is 0 Å². The fraction of sp³-hybridized carbons (Fsp3) is 0.125. The van der Waals surface area contributed by atoms with E-state index in [1.165, 1.54) is 10.8 Å². The zero-order valence-electron chi connectivity index (χ0n) is 11.0. The van der Waals surface area contributed by atoms with E-state index in [0.29, 0.717) is 0 Å². The van der Waals surface area contributed by atoms with E-state index in [1.807, 2.05) is 45.8 Å². The van der Waals surface area contributed by atoms with Crippen LogP contribution in [0.15, 0.2) is 60.9 Å². The molecule has 0 aliphatic rings. The number of aryl methyl sites for hydroxylation is 2. The van der Waals surface area contributed by atoms with Gasteiger partial charge in [-0.05, 0) is 12.1 Å². The van der Waals surface area contributed by atoms with Gasteiger partial charge in [0.2, 0.25) is 0 Å². The summed E-state index contributed by atoms with van der Waals surface area (Å²) < 4.78 is 3.97. The second-order valence-corrected chi connectivity index (χ2v) is 4.90. The van der Waals surface area contributed by atoms with Gasteiger partial charge in [-0.25, -0.2) is 0 Å². The summed E-state index contributed by atoms with van der Waals surface area (Å²) in [6.07, 6.45) is 4.16. The second-order valence-electron chi connectivity index (χ2n) is 4.90. The lowest BCUT2D eigenvalue weighted by atomic mass is 10.3. The number of hydrogen-bond acceptors (Lipinski definition) is 2. The van der Waals surface area contributed by atoms with E-state index in [-0.39, 0.29) is 0 Å². The van der Waals surface area contributed by atoms with E-state index in [4.69, 9.17) is 0 Å². The highest BCUT2D eigenvalue weighted by atomic mass is 15.3. The minimum atomic E-state index is 0.822. The average molecular weight is 262 g/mol. The molecule has 2 aromatic carbocycles. The van der Waals surface area contributed by atoms with E-state index < -0.39 is 0 Å². The zero-order valence-corrected chi connectivity index (χ0v) is 11.0. The standard InChI is InChI=1S/C16H14N4/c1-3-7-15-13(5-1)11-19(17-15)9-10-20-12-14-6-2-4-8-16(14)18-20/h1-8,11-12H,9-10H2. The highest BCUT2D eigenvalue weighted by Gasteiger charge is 2.02. The Balaban J connectivity index is 1.57. The van der Waals surface area contributed by atoms with Gasteiger partial charge in [0.1, 0.15) is 0 Å². The summed E-state index contributed by atoms with van der Waals surface area (Å²) in [7, 11) is 0. The SMILES string of the molecule is c1ccc2nn(CCn3cc4ccccc4n3)cc2c1. The van der Waals surface area contributed by atoms with Gasteiger partial charge in [-0.15, -0.1) is 0 Å². The molecule has 0 N–H and O–H groups in total. The molecule has 0 amide bonds. The van der Waals surface area contributed by atoms with Crippen LogP contribution >= 0.6 is 0 Å². The number of nitrogens with zero attached hydrogens (tertiary/aromatic N) is 4. The molecule has 4 heteroatoms. The molecule has 0 unspecified atom stereocenters. The van der Waals surface area contributed by atoms with E-state index in [1.54, 1.807) is 0 Å². The van der Waals surface area contributed by atoms with Crippen LogP contribution in [-0.2, 0) is 13.1 Å². The highest BCUT2D eigenvalue weighted by Crippen LogP contribution is 2.12. The van der Waals surface area contributed by atoms with Crippen molar-refractivity contribution in [2.24, 2.45) is 0 Å². The van der Waals surface area contributed by atoms with Gasteiger partial charge in [0.15, 0.2) is 0 Å². The number of rotatable bonds is 3. The smallest absolute Gasteiger partial charge is 0.0923 e. The maximum absolute atomic E-state index is 4.56. The van der Waals surface area contributed by atoms with Crippen molar-refractivity contribution in [1.82, 2.24) is 19.6 Å². The molecule has 0 radical (unpaired) electrons. The lowest BCUT2D eigenvalue weighted by Crippen LogP contribution is -2.07. The van der Waals surface area contributed by atoms with Gasteiger partial charge in [-0.1, -0.05) is 36.4 Å². The maximum atomic E-state index is 4.56. The van der Waals surface area contributed by atoms with Gasteiger partial charge in [0.25, 0.3) is 0 Å². The van der Waals surface area contributed by atoms with Gasteiger partial charge in [-0.3, -0.25) is 9.36 Å². The summed E-state index contributed by atoms with van der Waals surface area (Å²) >= 11 is 0. The van der Waals surface area contributed by atoms with Crippen molar-refractivity contribution in [1.29, 1.82) is 0 Å². The summed E-state index contributed by atoms with van der Waals surface area (Å²) in [5.74, 6) is 0. The monoisotopic (exact) mass is 262 g/mol. The number of aromatic nitrogens is 4. The average Bonchev–Trinajstić information content (AvgIpc) is 3.07. The Bertz CT molecular complexity index is 732. The third-order valence-electron chi connectivity index (χ3n) is 3.48. The Morgan fingerprint density at radius 1 is 0.650 bits per heavy atom. The van der Waals surface area contributed by atoms with Crippen molar-refractivity contribution >= 4 is 21.8 Å². The Morgan fingerprint density at radius 3 is 1.55 bits per heavy atom. The van der Waals surface area contributed by atoms with Crippen LogP contribution in [0.5, 0.6) is 0 Å². The summed E-state index contributed by atoms with van der Waals surface area (Å²) in [5.41, 5.74) is 2.08. The first kappa shape index (κ1) is 11.2. The van der Waals surface area contributed by atoms with Crippen LogP contribution in [0.1, 0.15) is 0 Å². The number of benzene rings is 2. The Kier molecular flexibility index (Phi) is 2.52. The molecular formula is C16H14N4. The third-order valence-corrected chi connectivity index (χ3v) is 3.48. The molecule has 2 heterocycles. The van der Waals surface area contributed by atoms with Gasteiger partial charge in [-0.2, -0.15) is 10.2 Å². The summed E-state index contributed by atoms with van der Waals surface area (Å²) in [4.78, 5) is 0. The molecule has 0 fully saturated rings. The maximum Gasteiger partial charge on any atom is 0.0923 e. The normalized spacial score (nSPS) is 11.4. The minimum absolute atomic E-state index is 0.822. The lowest BCUT2D eigenvalue weighted by Gasteiger charge is -2.01. The molecule has 98 valence electrons. The summed E-state index contributed by atoms with van der Waals surface area (Å²) in [5, 5.41) is 11.5. The van der Waals surface area contributed by atoms with Gasteiger partial charge in [0, 0.05) is 23.2 Å². The van der Waals surface area contributed by atoms with E-state index in [9.17, 15) is 0 Å². The third kappa shape index (κ3) is 1.95. The van der Waals surface area contributed by atoms with Crippen molar-refractivity contribution in [3.05, 3.63) is 60.9 Å². The molecule has 4 nitrogen and oxygen atoms in total. The molecule has 0 atom stereocenters. The van der Waals surface area contributed by atoms with E-state index in [0.717, 1.165) is 24.1 Å². The zero-order chi connectivity index (χ0) is 13.4. The van der Waals surface area contributed by atoms with Crippen LogP contribution in [0, 0.1) is 0 Å². The number of fused-ring (bicyclic) bond motifs is 2. The topological polar surface area (TPSA) is 35.6 Å². The van der Waals surface area contributed by atoms with Crippen molar-refractivity contribution in [2.45, 2.75) is 13.1 Å². The van der Waals surface area contributed by atoms with Gasteiger partial charge >= 0.3 is 0 Å². The van der Waals surface area contributed by atoms with Crippen LogP contribution in [-0.4, -0.2) is 19.6 Å². The molecular weight excluding hydrogens is 248 g/mol.